The molecule has 2 atom stereocenters. The number of amides is 2. The lowest BCUT2D eigenvalue weighted by atomic mass is 10.3. The molecule has 0 saturated heterocycles. The molecule has 0 aliphatic heterocycles. The maximum Gasteiger partial charge on any atom is 0.318 e. The van der Waals surface area contributed by atoms with Crippen molar-refractivity contribution in [1.29, 1.82) is 0 Å². The standard InChI is InChI=1S/C18H25N5O2/c1-3-22-11-20-21-17(22)9-19-18(24)23(13-4-5-13)10-14-6-7-16(25-14)15-8-12(15)2/h6-7,11-13,15H,3-5,8-10H2,1-2H3,(H,19,24)/t12-,15+/m1/s1. The van der Waals surface area contributed by atoms with Crippen molar-refractivity contribution in [3.8, 4) is 0 Å². The Hall–Kier alpha value is -2.31. The molecule has 7 heteroatoms. The Morgan fingerprint density at radius 2 is 2.24 bits per heavy atom. The van der Waals surface area contributed by atoms with E-state index in [4.69, 9.17) is 4.42 Å². The summed E-state index contributed by atoms with van der Waals surface area (Å²) >= 11 is 0. The topological polar surface area (TPSA) is 76.2 Å². The van der Waals surface area contributed by atoms with Gasteiger partial charge >= 0.3 is 6.03 Å². The van der Waals surface area contributed by atoms with Crippen LogP contribution in [0.2, 0.25) is 0 Å². The number of aryl methyl sites for hydroxylation is 1. The first-order valence-electron chi connectivity index (χ1n) is 9.15. The Kier molecular flexibility index (Phi) is 4.23. The molecule has 7 nitrogen and oxygen atoms in total. The predicted molar refractivity (Wildman–Crippen MR) is 91.7 cm³/mol. The number of aromatic nitrogens is 3. The predicted octanol–water partition coefficient (Wildman–Crippen LogP) is 2.89. The summed E-state index contributed by atoms with van der Waals surface area (Å²) in [5.74, 6) is 3.99. The third-order valence-electron chi connectivity index (χ3n) is 5.17. The molecule has 134 valence electrons. The molecule has 1 N–H and O–H groups in total. The van der Waals surface area contributed by atoms with E-state index in [2.05, 4.69) is 28.5 Å². The summed E-state index contributed by atoms with van der Waals surface area (Å²) in [5.41, 5.74) is 0. The van der Waals surface area contributed by atoms with Gasteiger partial charge in [0.25, 0.3) is 0 Å². The summed E-state index contributed by atoms with van der Waals surface area (Å²) in [6.45, 7) is 5.97. The first-order chi connectivity index (χ1) is 12.2. The fraction of sp³-hybridized carbons (Fsp3) is 0.611. The second kappa shape index (κ2) is 6.54. The molecule has 2 fully saturated rings. The van der Waals surface area contributed by atoms with Crippen LogP contribution >= 0.6 is 0 Å². The van der Waals surface area contributed by atoms with Crippen LogP contribution < -0.4 is 5.32 Å². The SMILES string of the molecule is CCn1cnnc1CNC(=O)N(Cc1ccc([C@H]2C[C@H]2C)o1)C1CC1. The maximum absolute atomic E-state index is 12.6. The molecule has 2 saturated carbocycles. The van der Waals surface area contributed by atoms with E-state index in [1.54, 1.807) is 6.33 Å². The van der Waals surface area contributed by atoms with Crippen molar-refractivity contribution in [1.82, 2.24) is 25.0 Å². The number of nitrogens with zero attached hydrogens (tertiary/aromatic N) is 4. The molecule has 2 aliphatic rings. The highest BCUT2D eigenvalue weighted by atomic mass is 16.3. The molecule has 0 spiro atoms. The molecule has 25 heavy (non-hydrogen) atoms. The lowest BCUT2D eigenvalue weighted by molar-refractivity contribution is 0.185. The van der Waals surface area contributed by atoms with Gasteiger partial charge in [-0.2, -0.15) is 0 Å². The van der Waals surface area contributed by atoms with Gasteiger partial charge in [0.2, 0.25) is 0 Å². The highest BCUT2D eigenvalue weighted by molar-refractivity contribution is 5.74. The number of nitrogens with one attached hydrogen (secondary N) is 1. The zero-order valence-electron chi connectivity index (χ0n) is 14.8. The lowest BCUT2D eigenvalue weighted by Crippen LogP contribution is -2.40. The van der Waals surface area contributed by atoms with E-state index in [1.807, 2.05) is 22.5 Å². The summed E-state index contributed by atoms with van der Waals surface area (Å²) in [6.07, 6.45) is 5.01. The van der Waals surface area contributed by atoms with E-state index in [1.165, 1.54) is 6.42 Å². The quantitative estimate of drug-likeness (QED) is 0.839. The molecule has 4 rings (SSSR count). The van der Waals surface area contributed by atoms with E-state index in [0.717, 1.165) is 42.6 Å². The van der Waals surface area contributed by atoms with Gasteiger partial charge in [0.05, 0.1) is 13.1 Å². The van der Waals surface area contributed by atoms with Gasteiger partial charge in [-0.3, -0.25) is 0 Å². The zero-order chi connectivity index (χ0) is 17.4. The summed E-state index contributed by atoms with van der Waals surface area (Å²) in [4.78, 5) is 14.5. The number of furan rings is 1. The first kappa shape index (κ1) is 16.2. The molecule has 0 bridgehead atoms. The molecule has 2 aromatic heterocycles. The monoisotopic (exact) mass is 343 g/mol. The van der Waals surface area contributed by atoms with Gasteiger partial charge < -0.3 is 19.2 Å². The van der Waals surface area contributed by atoms with Crippen molar-refractivity contribution in [3.63, 3.8) is 0 Å². The molecule has 2 heterocycles. The summed E-state index contributed by atoms with van der Waals surface area (Å²) in [5, 5.41) is 10.9. The first-order valence-corrected chi connectivity index (χ1v) is 9.15. The maximum atomic E-state index is 12.6. The van der Waals surface area contributed by atoms with Gasteiger partial charge in [0, 0.05) is 18.5 Å². The molecular formula is C18H25N5O2. The minimum Gasteiger partial charge on any atom is -0.464 e. The number of urea groups is 1. The number of carbonyl (C=O) groups excluding carboxylic acids is 1. The van der Waals surface area contributed by atoms with E-state index in [9.17, 15) is 4.79 Å². The largest absolute Gasteiger partial charge is 0.464 e. The van der Waals surface area contributed by atoms with Crippen molar-refractivity contribution < 1.29 is 9.21 Å². The van der Waals surface area contributed by atoms with Gasteiger partial charge in [-0.15, -0.1) is 10.2 Å². The molecule has 2 aliphatic carbocycles. The summed E-state index contributed by atoms with van der Waals surface area (Å²) in [7, 11) is 0. The average molecular weight is 343 g/mol. The van der Waals surface area contributed by atoms with Crippen LogP contribution in [0.5, 0.6) is 0 Å². The Morgan fingerprint density at radius 3 is 2.92 bits per heavy atom. The van der Waals surface area contributed by atoms with Crippen molar-refractivity contribution in [3.05, 3.63) is 35.8 Å². The molecule has 2 amide bonds. The normalized spacial score (nSPS) is 22.0. The highest BCUT2D eigenvalue weighted by Crippen LogP contribution is 2.47. The van der Waals surface area contributed by atoms with E-state index < -0.39 is 0 Å². The van der Waals surface area contributed by atoms with Crippen LogP contribution in [0.15, 0.2) is 22.9 Å². The van der Waals surface area contributed by atoms with Crippen LogP contribution in [0, 0.1) is 5.92 Å². The Balaban J connectivity index is 1.37. The van der Waals surface area contributed by atoms with Gasteiger partial charge in [-0.1, -0.05) is 6.92 Å². The van der Waals surface area contributed by atoms with Gasteiger partial charge in [-0.05, 0) is 44.2 Å². The Bertz CT molecular complexity index is 748. The zero-order valence-corrected chi connectivity index (χ0v) is 14.8. The molecule has 0 aromatic carbocycles. The van der Waals surface area contributed by atoms with Crippen molar-refractivity contribution in [2.45, 2.75) is 64.7 Å². The fourth-order valence-electron chi connectivity index (χ4n) is 3.25. The Morgan fingerprint density at radius 1 is 1.44 bits per heavy atom. The number of hydrogen-bond acceptors (Lipinski definition) is 4. The minimum atomic E-state index is -0.0640. The summed E-state index contributed by atoms with van der Waals surface area (Å²) in [6, 6.07) is 4.33. The van der Waals surface area contributed by atoms with E-state index in [-0.39, 0.29) is 6.03 Å². The third-order valence-corrected chi connectivity index (χ3v) is 5.17. The van der Waals surface area contributed by atoms with Crippen LogP contribution in [0.1, 0.15) is 56.4 Å². The molecule has 0 unspecified atom stereocenters. The van der Waals surface area contributed by atoms with Crippen LogP contribution in [-0.2, 0) is 19.6 Å². The van der Waals surface area contributed by atoms with Gasteiger partial charge in [-0.25, -0.2) is 4.79 Å². The smallest absolute Gasteiger partial charge is 0.318 e. The number of hydrogen-bond donors (Lipinski definition) is 1. The molecule has 2 aromatic rings. The number of carbonyl (C=O) groups is 1. The Labute approximate surface area is 147 Å². The summed E-state index contributed by atoms with van der Waals surface area (Å²) < 4.78 is 7.90. The van der Waals surface area contributed by atoms with Crippen LogP contribution in [0.4, 0.5) is 4.79 Å². The lowest BCUT2D eigenvalue weighted by Gasteiger charge is -2.21. The second-order valence-electron chi connectivity index (χ2n) is 7.17. The van der Waals surface area contributed by atoms with Crippen LogP contribution in [0.3, 0.4) is 0 Å². The highest BCUT2D eigenvalue weighted by Gasteiger charge is 2.37. The van der Waals surface area contributed by atoms with E-state index in [0.29, 0.717) is 25.0 Å². The average Bonchev–Trinajstić information content (AvgIpc) is 3.48. The number of rotatable bonds is 7. The minimum absolute atomic E-state index is 0.0640. The van der Waals surface area contributed by atoms with Crippen molar-refractivity contribution in [2.75, 3.05) is 0 Å². The molecular weight excluding hydrogens is 318 g/mol. The van der Waals surface area contributed by atoms with Gasteiger partial charge in [0.1, 0.15) is 17.8 Å². The van der Waals surface area contributed by atoms with Crippen molar-refractivity contribution >= 4 is 6.03 Å². The molecule has 0 radical (unpaired) electrons. The van der Waals surface area contributed by atoms with Gasteiger partial charge in [0.15, 0.2) is 5.82 Å². The van der Waals surface area contributed by atoms with Crippen LogP contribution in [0.25, 0.3) is 0 Å². The fourth-order valence-corrected chi connectivity index (χ4v) is 3.25. The third kappa shape index (κ3) is 3.55. The van der Waals surface area contributed by atoms with E-state index >= 15 is 0 Å². The van der Waals surface area contributed by atoms with Crippen LogP contribution in [-0.4, -0.2) is 31.7 Å². The van der Waals surface area contributed by atoms with Crippen molar-refractivity contribution in [2.24, 2.45) is 5.92 Å². The second-order valence-corrected chi connectivity index (χ2v) is 7.17.